The van der Waals surface area contributed by atoms with Gasteiger partial charge in [0, 0.05) is 6.54 Å². The van der Waals surface area contributed by atoms with Crippen LogP contribution in [0.3, 0.4) is 0 Å². The number of rotatable bonds is 5. The Morgan fingerprint density at radius 2 is 1.56 bits per heavy atom. The maximum Gasteiger partial charge on any atom is 0.328 e. The minimum absolute atomic E-state index is 0. The van der Waals surface area contributed by atoms with Crippen LogP contribution in [0.5, 0.6) is 0 Å². The number of carbonyl (C=O) groups excluding carboxylic acids is 1. The molecule has 4 nitrogen and oxygen atoms in total. The highest BCUT2D eigenvalue weighted by molar-refractivity contribution is 5.82. The van der Waals surface area contributed by atoms with Crippen LogP contribution in [0.25, 0.3) is 0 Å². The molecule has 0 bridgehead atoms. The summed E-state index contributed by atoms with van der Waals surface area (Å²) in [6.07, 6.45) is 0.706. The second-order valence-corrected chi connectivity index (χ2v) is 7.91. The number of nitrogens with one attached hydrogen (secondary N) is 2. The second kappa shape index (κ2) is 8.68. The van der Waals surface area contributed by atoms with Gasteiger partial charge in [-0.25, -0.2) is 4.79 Å². The molecular formula is C23H32N2O2. The predicted molar refractivity (Wildman–Crippen MR) is 111 cm³/mol. The summed E-state index contributed by atoms with van der Waals surface area (Å²) in [4.78, 5) is 13.1. The van der Waals surface area contributed by atoms with E-state index in [0.717, 1.165) is 17.7 Å². The van der Waals surface area contributed by atoms with Crippen LogP contribution < -0.4 is 10.6 Å². The van der Waals surface area contributed by atoms with E-state index in [0.29, 0.717) is 13.0 Å². The lowest BCUT2D eigenvalue weighted by atomic mass is 9.91. The molecule has 2 aromatic rings. The minimum Gasteiger partial charge on any atom is -0.459 e. The van der Waals surface area contributed by atoms with Crippen LogP contribution in [-0.4, -0.2) is 30.2 Å². The van der Waals surface area contributed by atoms with Crippen molar-refractivity contribution in [1.29, 1.82) is 0 Å². The van der Waals surface area contributed by atoms with Gasteiger partial charge in [0.2, 0.25) is 0 Å². The van der Waals surface area contributed by atoms with Gasteiger partial charge in [-0.1, -0.05) is 68.1 Å². The van der Waals surface area contributed by atoms with Gasteiger partial charge in [0.15, 0.2) is 0 Å². The minimum atomic E-state index is -0.733. The normalized spacial score (nSPS) is 19.6. The zero-order chi connectivity index (χ0) is 18.6. The monoisotopic (exact) mass is 368 g/mol. The van der Waals surface area contributed by atoms with Crippen LogP contribution in [0.15, 0.2) is 60.7 Å². The first-order valence-electron chi connectivity index (χ1n) is 9.21. The topological polar surface area (TPSA) is 50.4 Å². The maximum atomic E-state index is 13.1. The van der Waals surface area contributed by atoms with Crippen molar-refractivity contribution in [2.45, 2.75) is 51.8 Å². The van der Waals surface area contributed by atoms with Gasteiger partial charge >= 0.3 is 5.97 Å². The third kappa shape index (κ3) is 5.18. The fourth-order valence-corrected chi connectivity index (χ4v) is 3.35. The quantitative estimate of drug-likeness (QED) is 0.781. The van der Waals surface area contributed by atoms with Crippen molar-refractivity contribution in [3.8, 4) is 0 Å². The fourth-order valence-electron chi connectivity index (χ4n) is 3.35. The van der Waals surface area contributed by atoms with Crippen molar-refractivity contribution in [3.63, 3.8) is 0 Å². The van der Waals surface area contributed by atoms with Gasteiger partial charge in [-0.05, 0) is 44.9 Å². The van der Waals surface area contributed by atoms with Crippen LogP contribution in [0.2, 0.25) is 0 Å². The predicted octanol–water partition coefficient (Wildman–Crippen LogP) is 4.08. The number of benzene rings is 2. The van der Waals surface area contributed by atoms with Crippen LogP contribution in [0.4, 0.5) is 0 Å². The third-order valence-corrected chi connectivity index (χ3v) is 4.63. The van der Waals surface area contributed by atoms with Gasteiger partial charge in [-0.3, -0.25) is 5.32 Å². The molecule has 0 spiro atoms. The Kier molecular flexibility index (Phi) is 6.79. The molecule has 2 N–H and O–H groups in total. The second-order valence-electron chi connectivity index (χ2n) is 7.91. The van der Waals surface area contributed by atoms with Crippen molar-refractivity contribution in [3.05, 3.63) is 71.8 Å². The molecule has 1 unspecified atom stereocenters. The molecule has 0 aromatic heterocycles. The smallest absolute Gasteiger partial charge is 0.328 e. The molecule has 1 saturated heterocycles. The number of carbonyl (C=O) groups is 1. The summed E-state index contributed by atoms with van der Waals surface area (Å²) in [5, 5.41) is 6.97. The van der Waals surface area contributed by atoms with E-state index < -0.39 is 11.1 Å². The highest BCUT2D eigenvalue weighted by Crippen LogP contribution is 2.29. The van der Waals surface area contributed by atoms with Gasteiger partial charge < -0.3 is 10.1 Å². The van der Waals surface area contributed by atoms with E-state index in [1.54, 1.807) is 0 Å². The molecule has 1 aliphatic heterocycles. The Labute approximate surface area is 163 Å². The van der Waals surface area contributed by atoms with Gasteiger partial charge in [0.05, 0.1) is 6.04 Å². The summed E-state index contributed by atoms with van der Waals surface area (Å²) in [5.41, 5.74) is 1.02. The molecule has 0 saturated carbocycles. The Bertz CT molecular complexity index is 678. The molecule has 4 heteroatoms. The Morgan fingerprint density at radius 1 is 1.04 bits per heavy atom. The number of esters is 1. The number of hydrogen-bond donors (Lipinski definition) is 2. The van der Waals surface area contributed by atoms with Crippen LogP contribution in [-0.2, 0) is 9.53 Å². The third-order valence-electron chi connectivity index (χ3n) is 4.63. The zero-order valence-corrected chi connectivity index (χ0v) is 15.8. The van der Waals surface area contributed by atoms with E-state index in [9.17, 15) is 4.79 Å². The number of hydrogen-bond acceptors (Lipinski definition) is 4. The van der Waals surface area contributed by atoms with Gasteiger partial charge in [-0.15, -0.1) is 0 Å². The van der Waals surface area contributed by atoms with Crippen LogP contribution >= 0.6 is 0 Å². The van der Waals surface area contributed by atoms with E-state index in [2.05, 4.69) is 34.9 Å². The molecule has 146 valence electrons. The highest BCUT2D eigenvalue weighted by atomic mass is 16.6. The molecule has 0 amide bonds. The van der Waals surface area contributed by atoms with Gasteiger partial charge in [-0.2, -0.15) is 0 Å². The standard InChI is InChI=1S/C22H28N2O2.CH4/c1-21(2,3)26-20(25)22(14-15-23-16-22)24-19(17-10-6-4-7-11-17)18-12-8-5-9-13-18;/h4-13,19,23-24H,14-16H2,1-3H3;1H4. The summed E-state index contributed by atoms with van der Waals surface area (Å²) in [6.45, 7) is 7.09. The van der Waals surface area contributed by atoms with Crippen molar-refractivity contribution in [2.24, 2.45) is 0 Å². The van der Waals surface area contributed by atoms with Crippen molar-refractivity contribution in [2.75, 3.05) is 13.1 Å². The van der Waals surface area contributed by atoms with Crippen LogP contribution in [0.1, 0.15) is 51.8 Å². The molecular weight excluding hydrogens is 336 g/mol. The zero-order valence-electron chi connectivity index (χ0n) is 15.8. The lowest BCUT2D eigenvalue weighted by Gasteiger charge is -2.35. The summed E-state index contributed by atoms with van der Waals surface area (Å²) in [5.74, 6) is -0.188. The van der Waals surface area contributed by atoms with E-state index in [1.807, 2.05) is 57.2 Å². The number of ether oxygens (including phenoxy) is 1. The molecule has 0 radical (unpaired) electrons. The lowest BCUT2D eigenvalue weighted by molar-refractivity contribution is -0.162. The van der Waals surface area contributed by atoms with E-state index in [4.69, 9.17) is 4.74 Å². The largest absolute Gasteiger partial charge is 0.459 e. The van der Waals surface area contributed by atoms with E-state index in [1.165, 1.54) is 0 Å². The molecule has 27 heavy (non-hydrogen) atoms. The average molecular weight is 369 g/mol. The van der Waals surface area contributed by atoms with Gasteiger partial charge in [0.1, 0.15) is 11.1 Å². The Hall–Kier alpha value is -2.17. The first-order chi connectivity index (χ1) is 12.4. The molecule has 1 aliphatic rings. The Balaban J connectivity index is 0.00000261. The summed E-state index contributed by atoms with van der Waals surface area (Å²) in [6, 6.07) is 20.4. The average Bonchev–Trinajstić information content (AvgIpc) is 3.10. The summed E-state index contributed by atoms with van der Waals surface area (Å²) >= 11 is 0. The fraction of sp³-hybridized carbons (Fsp3) is 0.435. The van der Waals surface area contributed by atoms with E-state index >= 15 is 0 Å². The highest BCUT2D eigenvalue weighted by Gasteiger charge is 2.45. The molecule has 1 fully saturated rings. The SMILES string of the molecule is C.CC(C)(C)OC(=O)C1(NC(c2ccccc2)c2ccccc2)CCNC1. The van der Waals surface area contributed by atoms with Crippen molar-refractivity contribution >= 4 is 5.97 Å². The molecule has 2 aromatic carbocycles. The van der Waals surface area contributed by atoms with Crippen molar-refractivity contribution in [1.82, 2.24) is 10.6 Å². The lowest BCUT2D eigenvalue weighted by Crippen LogP contribution is -2.57. The van der Waals surface area contributed by atoms with Crippen molar-refractivity contribution < 1.29 is 9.53 Å². The first kappa shape index (κ1) is 21.1. The first-order valence-corrected chi connectivity index (χ1v) is 9.21. The summed E-state index contributed by atoms with van der Waals surface area (Å²) in [7, 11) is 0. The van der Waals surface area contributed by atoms with E-state index in [-0.39, 0.29) is 19.4 Å². The Morgan fingerprint density at radius 3 is 1.96 bits per heavy atom. The molecule has 1 atom stereocenters. The molecule has 0 aliphatic carbocycles. The maximum absolute atomic E-state index is 13.1. The summed E-state index contributed by atoms with van der Waals surface area (Å²) < 4.78 is 5.76. The molecule has 1 heterocycles. The van der Waals surface area contributed by atoms with Crippen LogP contribution in [0, 0.1) is 0 Å². The molecule has 3 rings (SSSR count). The van der Waals surface area contributed by atoms with Gasteiger partial charge in [0.25, 0.3) is 0 Å².